The molecule has 0 atom stereocenters. The molecular formula is C24H21FN2O5S. The van der Waals surface area contributed by atoms with Gasteiger partial charge in [-0.1, -0.05) is 18.2 Å². The molecule has 7 nitrogen and oxygen atoms in total. The topological polar surface area (TPSA) is 88.8 Å². The zero-order valence-electron chi connectivity index (χ0n) is 18.0. The second kappa shape index (κ2) is 9.50. The van der Waals surface area contributed by atoms with Crippen molar-refractivity contribution >= 4 is 45.9 Å². The number of thioether (sulfide) groups is 1. The predicted octanol–water partition coefficient (Wildman–Crippen LogP) is 4.75. The van der Waals surface area contributed by atoms with Crippen molar-refractivity contribution in [2.24, 2.45) is 0 Å². The number of nitrogens with one attached hydrogen (secondary N) is 1. The molecule has 0 unspecified atom stereocenters. The van der Waals surface area contributed by atoms with Gasteiger partial charge in [-0.2, -0.15) is 0 Å². The number of hydrogen-bond donors (Lipinski definition) is 1. The smallest absolute Gasteiger partial charge is 0.293 e. The Morgan fingerprint density at radius 3 is 2.79 bits per heavy atom. The van der Waals surface area contributed by atoms with Crippen molar-refractivity contribution in [1.82, 2.24) is 10.2 Å². The number of halogens is 1. The van der Waals surface area contributed by atoms with E-state index in [0.29, 0.717) is 23.5 Å². The van der Waals surface area contributed by atoms with E-state index in [4.69, 9.17) is 9.15 Å². The Morgan fingerprint density at radius 2 is 2.03 bits per heavy atom. The minimum atomic E-state index is -0.522. The summed E-state index contributed by atoms with van der Waals surface area (Å²) in [6.45, 7) is 4.22. The molecule has 1 aliphatic rings. The molecule has 3 aromatic rings. The Bertz CT molecular complexity index is 1280. The van der Waals surface area contributed by atoms with Gasteiger partial charge in [-0.15, -0.1) is 0 Å². The number of ether oxygens (including phenoxy) is 1. The number of hydrogen-bond acceptors (Lipinski definition) is 6. The van der Waals surface area contributed by atoms with Gasteiger partial charge in [-0.25, -0.2) is 4.39 Å². The predicted molar refractivity (Wildman–Crippen MR) is 124 cm³/mol. The molecule has 2 heterocycles. The van der Waals surface area contributed by atoms with Gasteiger partial charge in [0, 0.05) is 29.6 Å². The third kappa shape index (κ3) is 4.63. The van der Waals surface area contributed by atoms with E-state index in [0.717, 1.165) is 22.0 Å². The fraction of sp³-hybridized carbons (Fsp3) is 0.208. The number of amides is 3. The van der Waals surface area contributed by atoms with E-state index in [9.17, 15) is 18.8 Å². The van der Waals surface area contributed by atoms with Crippen LogP contribution < -0.4 is 10.1 Å². The highest BCUT2D eigenvalue weighted by Crippen LogP contribution is 2.32. The lowest BCUT2D eigenvalue weighted by Gasteiger charge is -2.12. The standard InChI is InChI=1S/C24H21FN2O5S/c1-3-31-16-8-9-19-17(13-16)14(2)21(32-19)22(28)26-10-11-27-23(29)20(33-24(27)30)12-15-6-4-5-7-18(15)25/h4-9,12-13H,3,10-11H2,1-2H3,(H,26,28)/b20-12-. The maximum absolute atomic E-state index is 13.9. The lowest BCUT2D eigenvalue weighted by molar-refractivity contribution is -0.122. The lowest BCUT2D eigenvalue weighted by Crippen LogP contribution is -2.37. The summed E-state index contributed by atoms with van der Waals surface area (Å²) < 4.78 is 25.0. The molecule has 1 aromatic heterocycles. The number of fused-ring (bicyclic) bond motifs is 1. The molecule has 0 bridgehead atoms. The minimum Gasteiger partial charge on any atom is -0.494 e. The maximum atomic E-state index is 13.9. The SMILES string of the molecule is CCOc1ccc2oc(C(=O)NCCN3C(=O)S/C(=C\c4ccccc4F)C3=O)c(C)c2c1. The molecule has 0 saturated carbocycles. The van der Waals surface area contributed by atoms with Crippen molar-refractivity contribution in [2.75, 3.05) is 19.7 Å². The van der Waals surface area contributed by atoms with Crippen LogP contribution in [0, 0.1) is 12.7 Å². The Morgan fingerprint density at radius 1 is 1.24 bits per heavy atom. The summed E-state index contributed by atoms with van der Waals surface area (Å²) in [7, 11) is 0. The number of furan rings is 1. The normalized spacial score (nSPS) is 15.0. The molecular weight excluding hydrogens is 447 g/mol. The van der Waals surface area contributed by atoms with E-state index >= 15 is 0 Å². The zero-order chi connectivity index (χ0) is 23.5. The number of imide groups is 1. The summed E-state index contributed by atoms with van der Waals surface area (Å²) >= 11 is 0.740. The van der Waals surface area contributed by atoms with Crippen molar-refractivity contribution in [1.29, 1.82) is 0 Å². The quantitative estimate of drug-likeness (QED) is 0.504. The van der Waals surface area contributed by atoms with Gasteiger partial charge in [0.15, 0.2) is 5.76 Å². The number of carbonyl (C=O) groups excluding carboxylic acids is 3. The Labute approximate surface area is 193 Å². The molecule has 9 heteroatoms. The van der Waals surface area contributed by atoms with Crippen molar-refractivity contribution in [3.05, 3.63) is 70.1 Å². The van der Waals surface area contributed by atoms with Crippen LogP contribution in [0.4, 0.5) is 9.18 Å². The number of aryl methyl sites for hydroxylation is 1. The van der Waals surface area contributed by atoms with Crippen LogP contribution in [-0.4, -0.2) is 41.6 Å². The van der Waals surface area contributed by atoms with E-state index < -0.39 is 22.9 Å². The van der Waals surface area contributed by atoms with Gasteiger partial charge in [-0.3, -0.25) is 19.3 Å². The summed E-state index contributed by atoms with van der Waals surface area (Å²) in [6.07, 6.45) is 1.35. The third-order valence-electron chi connectivity index (χ3n) is 5.11. The number of benzene rings is 2. The number of nitrogens with zero attached hydrogens (tertiary/aromatic N) is 1. The fourth-order valence-electron chi connectivity index (χ4n) is 3.46. The molecule has 4 rings (SSSR count). The largest absolute Gasteiger partial charge is 0.494 e. The Kier molecular flexibility index (Phi) is 6.50. The second-order valence-electron chi connectivity index (χ2n) is 7.26. The minimum absolute atomic E-state index is 0.0151. The van der Waals surface area contributed by atoms with Crippen LogP contribution >= 0.6 is 11.8 Å². The lowest BCUT2D eigenvalue weighted by atomic mass is 10.1. The van der Waals surface area contributed by atoms with E-state index in [2.05, 4.69) is 5.32 Å². The first-order valence-electron chi connectivity index (χ1n) is 10.3. The second-order valence-corrected chi connectivity index (χ2v) is 8.25. The third-order valence-corrected chi connectivity index (χ3v) is 6.02. The maximum Gasteiger partial charge on any atom is 0.293 e. The van der Waals surface area contributed by atoms with Crippen molar-refractivity contribution in [3.63, 3.8) is 0 Å². The molecule has 0 aliphatic carbocycles. The van der Waals surface area contributed by atoms with Crippen molar-refractivity contribution in [2.45, 2.75) is 13.8 Å². The van der Waals surface area contributed by atoms with Gasteiger partial charge in [0.05, 0.1) is 11.5 Å². The first-order valence-corrected chi connectivity index (χ1v) is 11.1. The Hall–Kier alpha value is -3.59. The molecule has 33 heavy (non-hydrogen) atoms. The van der Waals surface area contributed by atoms with Crippen LogP contribution in [0.5, 0.6) is 5.75 Å². The molecule has 0 radical (unpaired) electrons. The van der Waals surface area contributed by atoms with Crippen LogP contribution in [0.1, 0.15) is 28.6 Å². The summed E-state index contributed by atoms with van der Waals surface area (Å²) in [4.78, 5) is 38.6. The van der Waals surface area contributed by atoms with E-state index in [1.807, 2.05) is 13.0 Å². The molecule has 1 fully saturated rings. The van der Waals surface area contributed by atoms with E-state index in [1.165, 1.54) is 18.2 Å². The van der Waals surface area contributed by atoms with E-state index in [1.54, 1.807) is 31.2 Å². The fourth-order valence-corrected chi connectivity index (χ4v) is 4.32. The monoisotopic (exact) mass is 468 g/mol. The molecule has 1 N–H and O–H groups in total. The van der Waals surface area contributed by atoms with E-state index in [-0.39, 0.29) is 29.3 Å². The van der Waals surface area contributed by atoms with Crippen LogP contribution in [0.2, 0.25) is 0 Å². The first kappa shape index (κ1) is 22.6. The highest BCUT2D eigenvalue weighted by molar-refractivity contribution is 8.18. The van der Waals surface area contributed by atoms with Gasteiger partial charge < -0.3 is 14.5 Å². The van der Waals surface area contributed by atoms with Crippen molar-refractivity contribution < 1.29 is 27.9 Å². The van der Waals surface area contributed by atoms with Gasteiger partial charge >= 0.3 is 0 Å². The zero-order valence-corrected chi connectivity index (χ0v) is 18.8. The van der Waals surface area contributed by atoms with Crippen LogP contribution in [0.3, 0.4) is 0 Å². The van der Waals surface area contributed by atoms with Gasteiger partial charge in [0.2, 0.25) is 0 Å². The summed E-state index contributed by atoms with van der Waals surface area (Å²) in [5.41, 5.74) is 1.46. The first-order chi connectivity index (χ1) is 15.9. The summed E-state index contributed by atoms with van der Waals surface area (Å²) in [5.74, 6) is -0.608. The van der Waals surface area contributed by atoms with Gasteiger partial charge in [0.1, 0.15) is 17.1 Å². The molecule has 1 aliphatic heterocycles. The average Bonchev–Trinajstić information content (AvgIpc) is 3.26. The molecule has 1 saturated heterocycles. The van der Waals surface area contributed by atoms with Crippen LogP contribution in [0.25, 0.3) is 17.0 Å². The molecule has 3 amide bonds. The van der Waals surface area contributed by atoms with Gasteiger partial charge in [-0.05, 0) is 56.0 Å². The molecule has 2 aromatic carbocycles. The molecule has 170 valence electrons. The van der Waals surface area contributed by atoms with Gasteiger partial charge in [0.25, 0.3) is 17.1 Å². The van der Waals surface area contributed by atoms with Crippen LogP contribution in [-0.2, 0) is 4.79 Å². The summed E-state index contributed by atoms with van der Waals surface area (Å²) in [5, 5.41) is 2.98. The Balaban J connectivity index is 1.40. The van der Waals surface area contributed by atoms with Crippen LogP contribution in [0.15, 0.2) is 51.8 Å². The van der Waals surface area contributed by atoms with Crippen molar-refractivity contribution in [3.8, 4) is 5.75 Å². The number of rotatable bonds is 7. The molecule has 0 spiro atoms. The summed E-state index contributed by atoms with van der Waals surface area (Å²) in [6, 6.07) is 11.3. The number of carbonyl (C=O) groups is 3. The highest BCUT2D eigenvalue weighted by atomic mass is 32.2. The highest BCUT2D eigenvalue weighted by Gasteiger charge is 2.35. The average molecular weight is 469 g/mol.